The minimum Gasteiger partial charge on any atom is -0.459 e. The van der Waals surface area contributed by atoms with Gasteiger partial charge in [-0.3, -0.25) is 9.48 Å². The van der Waals surface area contributed by atoms with E-state index in [9.17, 15) is 4.79 Å². The Labute approximate surface area is 93.1 Å². The second kappa shape index (κ2) is 4.22. The number of amides is 1. The Balaban J connectivity index is 2.03. The van der Waals surface area contributed by atoms with Crippen LogP contribution in [0.4, 0.5) is 0 Å². The Morgan fingerprint density at radius 2 is 2.44 bits per heavy atom. The average molecular weight is 219 g/mol. The van der Waals surface area contributed by atoms with Crippen LogP contribution in [-0.4, -0.2) is 15.7 Å². The molecule has 0 aliphatic heterocycles. The first-order valence-electron chi connectivity index (χ1n) is 4.99. The summed E-state index contributed by atoms with van der Waals surface area (Å²) in [5.74, 6) is 0.0945. The van der Waals surface area contributed by atoms with Crippen LogP contribution in [0.25, 0.3) is 0 Å². The summed E-state index contributed by atoms with van der Waals surface area (Å²) in [5, 5.41) is 6.88. The van der Waals surface area contributed by atoms with Crippen molar-refractivity contribution in [1.82, 2.24) is 15.1 Å². The summed E-state index contributed by atoms with van der Waals surface area (Å²) in [4.78, 5) is 11.7. The summed E-state index contributed by atoms with van der Waals surface area (Å²) < 4.78 is 6.70. The van der Waals surface area contributed by atoms with Gasteiger partial charge in [0.15, 0.2) is 5.76 Å². The van der Waals surface area contributed by atoms with Crippen molar-refractivity contribution in [3.05, 3.63) is 42.1 Å². The molecular weight excluding hydrogens is 206 g/mol. The highest BCUT2D eigenvalue weighted by molar-refractivity contribution is 5.91. The van der Waals surface area contributed by atoms with Crippen LogP contribution in [0.5, 0.6) is 0 Å². The van der Waals surface area contributed by atoms with Crippen LogP contribution in [-0.2, 0) is 7.05 Å². The normalized spacial score (nSPS) is 12.4. The first-order chi connectivity index (χ1) is 7.66. The Hall–Kier alpha value is -2.04. The lowest BCUT2D eigenvalue weighted by molar-refractivity contribution is 0.0912. The zero-order valence-electron chi connectivity index (χ0n) is 9.18. The number of carbonyl (C=O) groups is 1. The molecule has 2 aromatic heterocycles. The Morgan fingerprint density at radius 1 is 1.62 bits per heavy atom. The van der Waals surface area contributed by atoms with Crippen LogP contribution < -0.4 is 5.32 Å². The van der Waals surface area contributed by atoms with Gasteiger partial charge in [-0.25, -0.2) is 0 Å². The number of aryl methyl sites for hydroxylation is 1. The maximum atomic E-state index is 11.7. The van der Waals surface area contributed by atoms with E-state index in [0.29, 0.717) is 5.76 Å². The third-order valence-corrected chi connectivity index (χ3v) is 2.32. The first kappa shape index (κ1) is 10.5. The number of furan rings is 1. The van der Waals surface area contributed by atoms with Gasteiger partial charge in [0.25, 0.3) is 5.91 Å². The smallest absolute Gasteiger partial charge is 0.287 e. The summed E-state index contributed by atoms with van der Waals surface area (Å²) >= 11 is 0. The van der Waals surface area contributed by atoms with Gasteiger partial charge < -0.3 is 9.73 Å². The third-order valence-electron chi connectivity index (χ3n) is 2.32. The molecule has 1 atom stereocenters. The van der Waals surface area contributed by atoms with Crippen molar-refractivity contribution in [2.45, 2.75) is 13.0 Å². The summed E-state index contributed by atoms with van der Waals surface area (Å²) in [5.41, 5.74) is 0.961. The zero-order valence-corrected chi connectivity index (χ0v) is 9.18. The molecule has 16 heavy (non-hydrogen) atoms. The van der Waals surface area contributed by atoms with Crippen molar-refractivity contribution in [1.29, 1.82) is 0 Å². The van der Waals surface area contributed by atoms with Gasteiger partial charge in [-0.2, -0.15) is 5.10 Å². The number of hydrogen-bond acceptors (Lipinski definition) is 3. The van der Waals surface area contributed by atoms with Gasteiger partial charge in [-0.05, 0) is 19.1 Å². The number of rotatable bonds is 3. The zero-order chi connectivity index (χ0) is 11.5. The van der Waals surface area contributed by atoms with E-state index in [-0.39, 0.29) is 11.9 Å². The molecule has 0 unspecified atom stereocenters. The van der Waals surface area contributed by atoms with Crippen molar-refractivity contribution in [3.8, 4) is 0 Å². The molecule has 0 saturated carbocycles. The van der Waals surface area contributed by atoms with Crippen LogP contribution in [0.15, 0.2) is 35.2 Å². The molecule has 0 saturated heterocycles. The molecule has 5 nitrogen and oxygen atoms in total. The molecule has 2 rings (SSSR count). The topological polar surface area (TPSA) is 60.1 Å². The van der Waals surface area contributed by atoms with Crippen LogP contribution >= 0.6 is 0 Å². The maximum absolute atomic E-state index is 11.7. The molecule has 2 heterocycles. The number of nitrogens with zero attached hydrogens (tertiary/aromatic N) is 2. The SMILES string of the molecule is C[C@@H](NC(=O)c1ccco1)c1cnn(C)c1. The number of hydrogen-bond donors (Lipinski definition) is 1. The summed E-state index contributed by atoms with van der Waals surface area (Å²) in [6.45, 7) is 1.90. The van der Waals surface area contributed by atoms with Crippen LogP contribution in [0.1, 0.15) is 29.1 Å². The molecule has 84 valence electrons. The lowest BCUT2D eigenvalue weighted by Crippen LogP contribution is -2.25. The second-order valence-electron chi connectivity index (χ2n) is 3.62. The lowest BCUT2D eigenvalue weighted by atomic mass is 10.2. The molecule has 0 aliphatic rings. The molecule has 5 heteroatoms. The van der Waals surface area contributed by atoms with E-state index in [1.54, 1.807) is 23.0 Å². The Kier molecular flexibility index (Phi) is 2.76. The molecule has 0 aliphatic carbocycles. The highest BCUT2D eigenvalue weighted by Gasteiger charge is 2.14. The summed E-state index contributed by atoms with van der Waals surface area (Å²) in [7, 11) is 1.84. The minimum atomic E-state index is -0.221. The monoisotopic (exact) mass is 219 g/mol. The van der Waals surface area contributed by atoms with E-state index in [4.69, 9.17) is 4.42 Å². The van der Waals surface area contributed by atoms with E-state index < -0.39 is 0 Å². The first-order valence-corrected chi connectivity index (χ1v) is 4.99. The van der Waals surface area contributed by atoms with Crippen molar-refractivity contribution in [2.75, 3.05) is 0 Å². The van der Waals surface area contributed by atoms with E-state index in [1.807, 2.05) is 20.2 Å². The predicted octanol–water partition coefficient (Wildman–Crippen LogP) is 1.50. The Bertz CT molecular complexity index is 473. The van der Waals surface area contributed by atoms with Crippen molar-refractivity contribution in [3.63, 3.8) is 0 Å². The standard InChI is InChI=1S/C11H13N3O2/c1-8(9-6-12-14(2)7-9)13-11(15)10-4-3-5-16-10/h3-8H,1-2H3,(H,13,15)/t8-/m1/s1. The fourth-order valence-electron chi connectivity index (χ4n) is 1.42. The Morgan fingerprint density at radius 3 is 3.00 bits per heavy atom. The molecule has 0 bridgehead atoms. The molecule has 2 aromatic rings. The van der Waals surface area contributed by atoms with Crippen molar-refractivity contribution >= 4 is 5.91 Å². The van der Waals surface area contributed by atoms with E-state index in [2.05, 4.69) is 10.4 Å². The van der Waals surface area contributed by atoms with Gasteiger partial charge in [0.2, 0.25) is 0 Å². The predicted molar refractivity (Wildman–Crippen MR) is 57.8 cm³/mol. The highest BCUT2D eigenvalue weighted by atomic mass is 16.3. The van der Waals surface area contributed by atoms with E-state index >= 15 is 0 Å². The van der Waals surface area contributed by atoms with Gasteiger partial charge in [0.1, 0.15) is 0 Å². The molecule has 0 spiro atoms. The quantitative estimate of drug-likeness (QED) is 0.851. The summed E-state index contributed by atoms with van der Waals surface area (Å²) in [6.07, 6.45) is 5.07. The van der Waals surface area contributed by atoms with Crippen molar-refractivity contribution < 1.29 is 9.21 Å². The lowest BCUT2D eigenvalue weighted by Gasteiger charge is -2.10. The largest absolute Gasteiger partial charge is 0.459 e. The van der Waals surface area contributed by atoms with Gasteiger partial charge in [0, 0.05) is 18.8 Å². The average Bonchev–Trinajstić information content (AvgIpc) is 2.87. The van der Waals surface area contributed by atoms with Crippen LogP contribution in [0.3, 0.4) is 0 Å². The molecule has 0 radical (unpaired) electrons. The molecule has 1 N–H and O–H groups in total. The second-order valence-corrected chi connectivity index (χ2v) is 3.62. The van der Waals surface area contributed by atoms with Gasteiger partial charge >= 0.3 is 0 Å². The van der Waals surface area contributed by atoms with Gasteiger partial charge in [-0.1, -0.05) is 0 Å². The fraction of sp³-hybridized carbons (Fsp3) is 0.273. The van der Waals surface area contributed by atoms with E-state index in [0.717, 1.165) is 5.56 Å². The molecular formula is C11H13N3O2. The van der Waals surface area contributed by atoms with Crippen molar-refractivity contribution in [2.24, 2.45) is 7.05 Å². The van der Waals surface area contributed by atoms with Crippen LogP contribution in [0, 0.1) is 0 Å². The third kappa shape index (κ3) is 2.13. The van der Waals surface area contributed by atoms with Gasteiger partial charge in [-0.15, -0.1) is 0 Å². The highest BCUT2D eigenvalue weighted by Crippen LogP contribution is 2.11. The number of aromatic nitrogens is 2. The van der Waals surface area contributed by atoms with E-state index in [1.165, 1.54) is 6.26 Å². The fourth-order valence-corrected chi connectivity index (χ4v) is 1.42. The van der Waals surface area contributed by atoms with Gasteiger partial charge in [0.05, 0.1) is 18.5 Å². The number of nitrogens with one attached hydrogen (secondary N) is 1. The molecule has 1 amide bonds. The maximum Gasteiger partial charge on any atom is 0.287 e. The minimum absolute atomic E-state index is 0.0914. The number of carbonyl (C=O) groups excluding carboxylic acids is 1. The summed E-state index contributed by atoms with van der Waals surface area (Å²) in [6, 6.07) is 3.22. The molecule has 0 aromatic carbocycles. The molecule has 0 fully saturated rings. The van der Waals surface area contributed by atoms with Crippen LogP contribution in [0.2, 0.25) is 0 Å².